The Balaban J connectivity index is 1.58. The lowest BCUT2D eigenvalue weighted by atomic mass is 10.1. The lowest BCUT2D eigenvalue weighted by Crippen LogP contribution is -2.36. The topological polar surface area (TPSA) is 34.1 Å². The fourth-order valence-corrected chi connectivity index (χ4v) is 3.23. The van der Waals surface area contributed by atoms with Crippen molar-refractivity contribution in [2.75, 3.05) is 38.3 Å². The van der Waals surface area contributed by atoms with E-state index >= 15 is 0 Å². The van der Waals surface area contributed by atoms with Crippen LogP contribution in [0.2, 0.25) is 0 Å². The molecule has 0 aliphatic carbocycles. The highest BCUT2D eigenvalue weighted by atomic mass is 16.5. The first-order chi connectivity index (χ1) is 12.8. The summed E-state index contributed by atoms with van der Waals surface area (Å²) in [6.07, 6.45) is 1.87. The summed E-state index contributed by atoms with van der Waals surface area (Å²) in [5, 5.41) is 2.41. The Labute approximate surface area is 153 Å². The largest absolute Gasteiger partial charge is 0.496 e. The van der Waals surface area contributed by atoms with Gasteiger partial charge in [0, 0.05) is 36.6 Å². The molecule has 4 nitrogen and oxygen atoms in total. The molecule has 0 bridgehead atoms. The van der Waals surface area contributed by atoms with Crippen molar-refractivity contribution in [3.05, 3.63) is 66.2 Å². The summed E-state index contributed by atoms with van der Waals surface area (Å²) >= 11 is 0. The van der Waals surface area contributed by atoms with Gasteiger partial charge in [-0.05, 0) is 35.0 Å². The highest BCUT2D eigenvalue weighted by molar-refractivity contribution is 5.89. The van der Waals surface area contributed by atoms with E-state index in [1.165, 1.54) is 10.8 Å². The van der Waals surface area contributed by atoms with E-state index in [9.17, 15) is 0 Å². The molecule has 1 heterocycles. The van der Waals surface area contributed by atoms with Crippen molar-refractivity contribution in [1.29, 1.82) is 0 Å². The summed E-state index contributed by atoms with van der Waals surface area (Å²) in [7, 11) is 1.70. The summed E-state index contributed by atoms with van der Waals surface area (Å²) in [6, 6.07) is 20.8. The highest BCUT2D eigenvalue weighted by Crippen LogP contribution is 2.26. The summed E-state index contributed by atoms with van der Waals surface area (Å²) in [6.45, 7) is 3.36. The normalized spacial score (nSPS) is 14.9. The molecule has 3 aromatic carbocycles. The Kier molecular flexibility index (Phi) is 4.84. The van der Waals surface area contributed by atoms with Crippen LogP contribution in [0.15, 0.2) is 65.7 Å². The molecule has 132 valence electrons. The maximum atomic E-state index is 5.59. The van der Waals surface area contributed by atoms with Gasteiger partial charge in [0.05, 0.1) is 26.0 Å². The van der Waals surface area contributed by atoms with Crippen LogP contribution in [0.4, 0.5) is 11.4 Å². The predicted molar refractivity (Wildman–Crippen MR) is 107 cm³/mol. The zero-order chi connectivity index (χ0) is 17.8. The van der Waals surface area contributed by atoms with Crippen LogP contribution >= 0.6 is 0 Å². The number of aliphatic imine (C=N–C) groups is 1. The van der Waals surface area contributed by atoms with Crippen LogP contribution in [0.1, 0.15) is 5.56 Å². The molecule has 0 atom stereocenters. The molecule has 0 saturated carbocycles. The lowest BCUT2D eigenvalue weighted by Gasteiger charge is -2.29. The van der Waals surface area contributed by atoms with E-state index in [0.717, 1.165) is 49.0 Å². The Bertz CT molecular complexity index is 930. The van der Waals surface area contributed by atoms with Crippen LogP contribution in [0, 0.1) is 0 Å². The average Bonchev–Trinajstić information content (AvgIpc) is 2.72. The number of anilines is 1. The smallest absolute Gasteiger partial charge is 0.129 e. The van der Waals surface area contributed by atoms with Crippen molar-refractivity contribution in [2.24, 2.45) is 4.99 Å². The molecule has 0 radical (unpaired) electrons. The number of nitrogens with zero attached hydrogens (tertiary/aromatic N) is 2. The van der Waals surface area contributed by atoms with E-state index in [2.05, 4.69) is 52.4 Å². The predicted octanol–water partition coefficient (Wildman–Crippen LogP) is 4.44. The molecule has 4 heteroatoms. The third-order valence-electron chi connectivity index (χ3n) is 4.68. The molecule has 26 heavy (non-hydrogen) atoms. The van der Waals surface area contributed by atoms with E-state index in [0.29, 0.717) is 0 Å². The second kappa shape index (κ2) is 7.58. The van der Waals surface area contributed by atoms with Crippen LogP contribution in [-0.4, -0.2) is 39.6 Å². The average molecular weight is 346 g/mol. The van der Waals surface area contributed by atoms with Gasteiger partial charge < -0.3 is 14.4 Å². The van der Waals surface area contributed by atoms with Crippen molar-refractivity contribution in [3.63, 3.8) is 0 Å². The molecule has 1 aliphatic heterocycles. The Morgan fingerprint density at radius 3 is 2.58 bits per heavy atom. The van der Waals surface area contributed by atoms with E-state index in [4.69, 9.17) is 9.47 Å². The van der Waals surface area contributed by atoms with Gasteiger partial charge in [0.2, 0.25) is 0 Å². The van der Waals surface area contributed by atoms with Gasteiger partial charge in [-0.15, -0.1) is 0 Å². The van der Waals surface area contributed by atoms with Gasteiger partial charge in [-0.2, -0.15) is 0 Å². The van der Waals surface area contributed by atoms with E-state index in [-0.39, 0.29) is 0 Å². The SMILES string of the molecule is COc1cc(N2CCOCC2)ccc1C=Nc1ccc2ccccc2c1. The zero-order valence-electron chi connectivity index (χ0n) is 14.9. The van der Waals surface area contributed by atoms with Gasteiger partial charge in [-0.1, -0.05) is 30.3 Å². The van der Waals surface area contributed by atoms with Crippen molar-refractivity contribution in [3.8, 4) is 5.75 Å². The van der Waals surface area contributed by atoms with E-state index < -0.39 is 0 Å². The Morgan fingerprint density at radius 2 is 1.77 bits per heavy atom. The summed E-state index contributed by atoms with van der Waals surface area (Å²) in [5.74, 6) is 0.832. The second-order valence-electron chi connectivity index (χ2n) is 6.32. The van der Waals surface area contributed by atoms with Gasteiger partial charge in [0.15, 0.2) is 0 Å². The minimum absolute atomic E-state index is 0.771. The quantitative estimate of drug-likeness (QED) is 0.655. The molecule has 1 saturated heterocycles. The number of hydrogen-bond acceptors (Lipinski definition) is 4. The number of ether oxygens (including phenoxy) is 2. The minimum Gasteiger partial charge on any atom is -0.496 e. The maximum Gasteiger partial charge on any atom is 0.129 e. The molecular formula is C22H22N2O2. The van der Waals surface area contributed by atoms with Gasteiger partial charge in [-0.3, -0.25) is 4.99 Å². The summed E-state index contributed by atoms with van der Waals surface area (Å²) < 4.78 is 11.0. The fraction of sp³-hybridized carbons (Fsp3) is 0.227. The van der Waals surface area contributed by atoms with Crippen molar-refractivity contribution >= 4 is 28.4 Å². The van der Waals surface area contributed by atoms with E-state index in [1.807, 2.05) is 24.4 Å². The molecule has 1 aliphatic rings. The number of rotatable bonds is 4. The van der Waals surface area contributed by atoms with Gasteiger partial charge in [0.1, 0.15) is 5.75 Å². The molecule has 0 spiro atoms. The molecule has 4 rings (SSSR count). The van der Waals surface area contributed by atoms with Gasteiger partial charge in [-0.25, -0.2) is 0 Å². The van der Waals surface area contributed by atoms with Crippen LogP contribution in [0.5, 0.6) is 5.75 Å². The number of morpholine rings is 1. The first-order valence-corrected chi connectivity index (χ1v) is 8.87. The van der Waals surface area contributed by atoms with Crippen LogP contribution in [0.3, 0.4) is 0 Å². The third kappa shape index (κ3) is 3.55. The molecule has 0 aromatic heterocycles. The molecule has 3 aromatic rings. The molecule has 0 unspecified atom stereocenters. The molecule has 0 N–H and O–H groups in total. The monoisotopic (exact) mass is 346 g/mol. The van der Waals surface area contributed by atoms with Crippen LogP contribution in [-0.2, 0) is 4.74 Å². The lowest BCUT2D eigenvalue weighted by molar-refractivity contribution is 0.122. The number of hydrogen-bond donors (Lipinski definition) is 0. The molecular weight excluding hydrogens is 324 g/mol. The van der Waals surface area contributed by atoms with E-state index in [1.54, 1.807) is 7.11 Å². The number of benzene rings is 3. The third-order valence-corrected chi connectivity index (χ3v) is 4.68. The van der Waals surface area contributed by atoms with Gasteiger partial charge >= 0.3 is 0 Å². The standard InChI is InChI=1S/C22H22N2O2/c1-25-22-15-21(24-10-12-26-13-11-24)9-7-19(22)16-23-20-8-6-17-4-2-3-5-18(17)14-20/h2-9,14-16H,10-13H2,1H3. The maximum absolute atomic E-state index is 5.59. The number of methoxy groups -OCH3 is 1. The zero-order valence-corrected chi connectivity index (χ0v) is 14.9. The molecule has 0 amide bonds. The fourth-order valence-electron chi connectivity index (χ4n) is 3.23. The molecule has 1 fully saturated rings. The van der Waals surface area contributed by atoms with Crippen LogP contribution in [0.25, 0.3) is 10.8 Å². The number of fused-ring (bicyclic) bond motifs is 1. The van der Waals surface area contributed by atoms with Crippen molar-refractivity contribution in [1.82, 2.24) is 0 Å². The Hall–Kier alpha value is -2.85. The first-order valence-electron chi connectivity index (χ1n) is 8.87. The summed E-state index contributed by atoms with van der Waals surface area (Å²) in [4.78, 5) is 6.95. The Morgan fingerprint density at radius 1 is 0.962 bits per heavy atom. The van der Waals surface area contributed by atoms with Crippen molar-refractivity contribution in [2.45, 2.75) is 0 Å². The van der Waals surface area contributed by atoms with Crippen molar-refractivity contribution < 1.29 is 9.47 Å². The van der Waals surface area contributed by atoms with Gasteiger partial charge in [0.25, 0.3) is 0 Å². The highest BCUT2D eigenvalue weighted by Gasteiger charge is 2.13. The van der Waals surface area contributed by atoms with Crippen LogP contribution < -0.4 is 9.64 Å². The second-order valence-corrected chi connectivity index (χ2v) is 6.32. The minimum atomic E-state index is 0.771. The summed E-state index contributed by atoms with van der Waals surface area (Å²) in [5.41, 5.74) is 3.06. The first kappa shape index (κ1) is 16.6.